The van der Waals surface area contributed by atoms with E-state index in [1.165, 1.54) is 30.3 Å². The van der Waals surface area contributed by atoms with E-state index in [0.29, 0.717) is 5.56 Å². The van der Waals surface area contributed by atoms with Crippen molar-refractivity contribution in [2.24, 2.45) is 0 Å². The average Bonchev–Trinajstić information content (AvgIpc) is 3.01. The van der Waals surface area contributed by atoms with Gasteiger partial charge in [-0.25, -0.2) is 0 Å². The summed E-state index contributed by atoms with van der Waals surface area (Å²) in [5.41, 5.74) is 0.279. The Hall–Kier alpha value is -4.29. The lowest BCUT2D eigenvalue weighted by Gasteiger charge is -2.13. The second-order valence-electron chi connectivity index (χ2n) is 7.28. The minimum atomic E-state index is -5.00. The number of nitro groups is 1. The quantitative estimate of drug-likeness (QED) is 0.340. The molecule has 1 aliphatic heterocycles. The number of nitro benzene ring substituents is 1. The van der Waals surface area contributed by atoms with Crippen molar-refractivity contribution >= 4 is 35.0 Å². The second kappa shape index (κ2) is 9.68. The number of benzene rings is 2. The fourth-order valence-corrected chi connectivity index (χ4v) is 3.26. The molecule has 0 saturated carbocycles. The van der Waals surface area contributed by atoms with Crippen LogP contribution in [0.25, 0.3) is 0 Å². The van der Waals surface area contributed by atoms with Crippen molar-refractivity contribution in [2.75, 3.05) is 11.9 Å². The van der Waals surface area contributed by atoms with Crippen molar-refractivity contribution < 1.29 is 37.3 Å². The molecule has 0 aliphatic carbocycles. The molecule has 0 atom stereocenters. The van der Waals surface area contributed by atoms with Gasteiger partial charge in [0.1, 0.15) is 0 Å². The molecule has 13 heteroatoms. The molecule has 0 aromatic heterocycles. The molecule has 0 unspecified atom stereocenters. The Morgan fingerprint density at radius 3 is 2.41 bits per heavy atom. The molecule has 1 heterocycles. The van der Waals surface area contributed by atoms with Gasteiger partial charge in [-0.3, -0.25) is 34.2 Å². The molecule has 0 bridgehead atoms. The van der Waals surface area contributed by atoms with Gasteiger partial charge in [-0.1, -0.05) is 12.1 Å². The number of rotatable bonds is 8. The van der Waals surface area contributed by atoms with Gasteiger partial charge in [0.05, 0.1) is 16.1 Å². The van der Waals surface area contributed by atoms with Gasteiger partial charge < -0.3 is 10.6 Å². The summed E-state index contributed by atoms with van der Waals surface area (Å²) in [7, 11) is 0. The summed E-state index contributed by atoms with van der Waals surface area (Å²) in [6, 6.07) is 9.23. The topological polar surface area (TPSA) is 139 Å². The van der Waals surface area contributed by atoms with Gasteiger partial charge in [0.15, 0.2) is 0 Å². The third-order valence-electron chi connectivity index (χ3n) is 4.87. The average molecular weight is 478 g/mol. The van der Waals surface area contributed by atoms with Crippen molar-refractivity contribution in [3.63, 3.8) is 0 Å². The molecule has 2 aromatic carbocycles. The summed E-state index contributed by atoms with van der Waals surface area (Å²) in [6.45, 7) is -0.475. The first-order chi connectivity index (χ1) is 16.0. The maximum absolute atomic E-state index is 12.4. The van der Waals surface area contributed by atoms with E-state index in [1.807, 2.05) is 0 Å². The van der Waals surface area contributed by atoms with Gasteiger partial charge in [0.25, 0.3) is 17.5 Å². The van der Waals surface area contributed by atoms with Crippen LogP contribution in [0.3, 0.4) is 0 Å². The van der Waals surface area contributed by atoms with Crippen LogP contribution in [0, 0.1) is 10.1 Å². The fourth-order valence-electron chi connectivity index (χ4n) is 3.26. The Labute approximate surface area is 189 Å². The number of nitrogens with one attached hydrogen (secondary N) is 2. The van der Waals surface area contributed by atoms with Gasteiger partial charge in [-0.05, 0) is 30.2 Å². The molecule has 10 nitrogen and oxygen atoms in total. The molecule has 178 valence electrons. The van der Waals surface area contributed by atoms with E-state index >= 15 is 0 Å². The van der Waals surface area contributed by atoms with Gasteiger partial charge in [-0.2, -0.15) is 13.2 Å². The van der Waals surface area contributed by atoms with Crippen LogP contribution in [0.1, 0.15) is 39.1 Å². The normalized spacial score (nSPS) is 13.0. The van der Waals surface area contributed by atoms with Crippen LogP contribution in [-0.2, 0) is 16.1 Å². The highest BCUT2D eigenvalue weighted by Crippen LogP contribution is 2.27. The lowest BCUT2D eigenvalue weighted by atomic mass is 10.1. The Morgan fingerprint density at radius 1 is 1.03 bits per heavy atom. The van der Waals surface area contributed by atoms with Gasteiger partial charge in [0, 0.05) is 37.3 Å². The molecular formula is C21H17F3N4O6. The Bertz CT molecular complexity index is 1180. The van der Waals surface area contributed by atoms with Crippen LogP contribution in [0.5, 0.6) is 0 Å². The Kier molecular flexibility index (Phi) is 6.94. The zero-order valence-electron chi connectivity index (χ0n) is 17.3. The largest absolute Gasteiger partial charge is 0.471 e. The van der Waals surface area contributed by atoms with E-state index in [4.69, 9.17) is 0 Å². The lowest BCUT2D eigenvalue weighted by molar-refractivity contribution is -0.384. The molecule has 1 aliphatic rings. The summed E-state index contributed by atoms with van der Waals surface area (Å²) < 4.78 is 36.8. The van der Waals surface area contributed by atoms with Crippen LogP contribution in [0.4, 0.5) is 24.5 Å². The summed E-state index contributed by atoms with van der Waals surface area (Å²) in [5.74, 6) is -3.84. The number of carbonyl (C=O) groups excluding carboxylic acids is 4. The highest BCUT2D eigenvalue weighted by atomic mass is 19.4. The SMILES string of the molecule is O=C(CCCN1C(=O)c2ccc([N+](=O)[O-])cc2C1=O)Nc1cccc(CNC(=O)C(F)(F)F)c1. The predicted molar refractivity (Wildman–Crippen MR) is 111 cm³/mol. The number of hydrogen-bond acceptors (Lipinski definition) is 6. The summed E-state index contributed by atoms with van der Waals surface area (Å²) in [6.07, 6.45) is -4.97. The molecule has 3 rings (SSSR count). The first-order valence-corrected chi connectivity index (χ1v) is 9.86. The molecule has 34 heavy (non-hydrogen) atoms. The molecule has 0 saturated heterocycles. The summed E-state index contributed by atoms with van der Waals surface area (Å²) in [4.78, 5) is 59.1. The minimum absolute atomic E-state index is 0.0504. The number of non-ortho nitro benzene ring substituents is 1. The van der Waals surface area contributed by atoms with E-state index in [9.17, 15) is 42.5 Å². The molecule has 4 amide bonds. The number of hydrogen-bond donors (Lipinski definition) is 2. The van der Waals surface area contributed by atoms with Crippen molar-refractivity contribution in [3.8, 4) is 0 Å². The van der Waals surface area contributed by atoms with Crippen molar-refractivity contribution in [3.05, 3.63) is 69.3 Å². The number of fused-ring (bicyclic) bond motifs is 1. The van der Waals surface area contributed by atoms with Gasteiger partial charge in [0.2, 0.25) is 5.91 Å². The van der Waals surface area contributed by atoms with Crippen molar-refractivity contribution in [1.29, 1.82) is 0 Å². The van der Waals surface area contributed by atoms with Crippen molar-refractivity contribution in [1.82, 2.24) is 10.2 Å². The van der Waals surface area contributed by atoms with Gasteiger partial charge in [-0.15, -0.1) is 0 Å². The maximum Gasteiger partial charge on any atom is 0.471 e. The number of anilines is 1. The van der Waals surface area contributed by atoms with Crippen LogP contribution in [-0.4, -0.2) is 46.2 Å². The van der Waals surface area contributed by atoms with Crippen LogP contribution in [0.15, 0.2) is 42.5 Å². The van der Waals surface area contributed by atoms with E-state index in [1.54, 1.807) is 5.32 Å². The first-order valence-electron chi connectivity index (χ1n) is 9.86. The lowest BCUT2D eigenvalue weighted by Crippen LogP contribution is -2.36. The maximum atomic E-state index is 12.4. The minimum Gasteiger partial charge on any atom is -0.344 e. The van der Waals surface area contributed by atoms with E-state index < -0.39 is 34.7 Å². The van der Waals surface area contributed by atoms with Crippen LogP contribution in [0.2, 0.25) is 0 Å². The fraction of sp³-hybridized carbons (Fsp3) is 0.238. The van der Waals surface area contributed by atoms with Gasteiger partial charge >= 0.3 is 12.1 Å². The highest BCUT2D eigenvalue weighted by Gasteiger charge is 2.38. The Balaban J connectivity index is 1.51. The zero-order chi connectivity index (χ0) is 25.0. The predicted octanol–water partition coefficient (Wildman–Crippen LogP) is 2.79. The standard InChI is InChI=1S/C21H17F3N4O6/c22-21(23,24)20(32)25-11-12-3-1-4-13(9-12)26-17(29)5-2-8-27-18(30)15-7-6-14(28(33)34)10-16(15)19(27)31/h1,3-4,6-7,9-10H,2,5,8,11H2,(H,25,32)(H,26,29). The molecular weight excluding hydrogens is 461 g/mol. The number of nitrogens with zero attached hydrogens (tertiary/aromatic N) is 2. The summed E-state index contributed by atoms with van der Waals surface area (Å²) >= 11 is 0. The molecule has 0 radical (unpaired) electrons. The molecule has 0 spiro atoms. The first kappa shape index (κ1) is 24.4. The highest BCUT2D eigenvalue weighted by molar-refractivity contribution is 6.21. The molecule has 2 N–H and O–H groups in total. The molecule has 2 aromatic rings. The van der Waals surface area contributed by atoms with E-state index in [0.717, 1.165) is 17.0 Å². The third kappa shape index (κ3) is 5.54. The monoisotopic (exact) mass is 478 g/mol. The number of imide groups is 1. The number of amides is 4. The molecule has 0 fully saturated rings. The van der Waals surface area contributed by atoms with E-state index in [2.05, 4.69) is 5.32 Å². The van der Waals surface area contributed by atoms with Crippen LogP contribution < -0.4 is 10.6 Å². The summed E-state index contributed by atoms with van der Waals surface area (Å²) in [5, 5.41) is 15.2. The number of alkyl halides is 3. The smallest absolute Gasteiger partial charge is 0.344 e. The Morgan fingerprint density at radius 2 is 1.74 bits per heavy atom. The third-order valence-corrected chi connectivity index (χ3v) is 4.87. The van der Waals surface area contributed by atoms with E-state index in [-0.39, 0.29) is 48.4 Å². The second-order valence-corrected chi connectivity index (χ2v) is 7.28. The number of carbonyl (C=O) groups is 4. The van der Waals surface area contributed by atoms with Crippen LogP contribution >= 0.6 is 0 Å². The number of halogens is 3. The zero-order valence-corrected chi connectivity index (χ0v) is 17.3. The van der Waals surface area contributed by atoms with Crippen molar-refractivity contribution in [2.45, 2.75) is 25.6 Å².